The van der Waals surface area contributed by atoms with Gasteiger partial charge in [0.2, 0.25) is 11.8 Å². The third kappa shape index (κ3) is 2.25. The molecule has 4 unspecified atom stereocenters. The Balaban J connectivity index is 2.19. The molecular weight excluding hydrogens is 228 g/mol. The van der Waals surface area contributed by atoms with Crippen LogP contribution < -0.4 is 5.32 Å². The SMILES string of the molecule is CCC(C)C1NC(=O)C(C)N(C(C)C2CC2)C1=O. The van der Waals surface area contributed by atoms with Gasteiger partial charge in [0.1, 0.15) is 12.1 Å². The summed E-state index contributed by atoms with van der Waals surface area (Å²) in [5.41, 5.74) is 0. The van der Waals surface area contributed by atoms with Gasteiger partial charge < -0.3 is 10.2 Å². The second-order valence-electron chi connectivity index (χ2n) is 5.87. The number of rotatable bonds is 4. The second-order valence-corrected chi connectivity index (χ2v) is 5.87. The van der Waals surface area contributed by atoms with E-state index in [1.807, 2.05) is 18.7 Å². The van der Waals surface area contributed by atoms with E-state index in [-0.39, 0.29) is 35.9 Å². The molecule has 4 heteroatoms. The molecule has 2 fully saturated rings. The minimum atomic E-state index is -0.333. The summed E-state index contributed by atoms with van der Waals surface area (Å²) in [6.45, 7) is 7.99. The van der Waals surface area contributed by atoms with Crippen molar-refractivity contribution < 1.29 is 9.59 Å². The standard InChI is InChI=1S/C14H24N2O2/c1-5-8(2)12-14(18)16(9(3)11-6-7-11)10(4)13(17)15-12/h8-12H,5-7H2,1-4H3,(H,15,17). The lowest BCUT2D eigenvalue weighted by Gasteiger charge is -2.42. The smallest absolute Gasteiger partial charge is 0.246 e. The Hall–Kier alpha value is -1.06. The van der Waals surface area contributed by atoms with Gasteiger partial charge in [-0.3, -0.25) is 9.59 Å². The van der Waals surface area contributed by atoms with Gasteiger partial charge in [-0.05, 0) is 38.5 Å². The first-order valence-corrected chi connectivity index (χ1v) is 7.09. The number of carbonyl (C=O) groups excluding carboxylic acids is 2. The largest absolute Gasteiger partial charge is 0.342 e. The zero-order valence-electron chi connectivity index (χ0n) is 11.8. The minimum absolute atomic E-state index is 0.00704. The average molecular weight is 252 g/mol. The van der Waals surface area contributed by atoms with Gasteiger partial charge in [-0.1, -0.05) is 20.3 Å². The fourth-order valence-electron chi connectivity index (χ4n) is 2.79. The zero-order chi connectivity index (χ0) is 13.4. The van der Waals surface area contributed by atoms with Crippen molar-refractivity contribution in [3.63, 3.8) is 0 Å². The summed E-state index contributed by atoms with van der Waals surface area (Å²) in [4.78, 5) is 26.4. The lowest BCUT2D eigenvalue weighted by atomic mass is 9.93. The molecule has 1 aliphatic carbocycles. The molecule has 2 amide bonds. The van der Waals surface area contributed by atoms with Crippen LogP contribution in [0.5, 0.6) is 0 Å². The number of carbonyl (C=O) groups is 2. The molecule has 4 nitrogen and oxygen atoms in total. The molecule has 2 rings (SSSR count). The molecule has 1 saturated heterocycles. The normalized spacial score (nSPS) is 32.1. The molecule has 1 N–H and O–H groups in total. The third-order valence-electron chi connectivity index (χ3n) is 4.57. The molecule has 1 saturated carbocycles. The van der Waals surface area contributed by atoms with Crippen LogP contribution in [0.15, 0.2) is 0 Å². The number of piperazine rings is 1. The Kier molecular flexibility index (Phi) is 3.64. The highest BCUT2D eigenvalue weighted by atomic mass is 16.2. The third-order valence-corrected chi connectivity index (χ3v) is 4.57. The predicted octanol–water partition coefficient (Wildman–Crippen LogP) is 1.55. The summed E-state index contributed by atoms with van der Waals surface area (Å²) in [5, 5.41) is 2.88. The number of nitrogens with one attached hydrogen (secondary N) is 1. The maximum absolute atomic E-state index is 12.6. The van der Waals surface area contributed by atoms with Crippen LogP contribution >= 0.6 is 0 Å². The highest BCUT2D eigenvalue weighted by Gasteiger charge is 2.45. The highest BCUT2D eigenvalue weighted by Crippen LogP contribution is 2.37. The number of amides is 2. The zero-order valence-corrected chi connectivity index (χ0v) is 11.8. The van der Waals surface area contributed by atoms with Crippen molar-refractivity contribution in [2.24, 2.45) is 11.8 Å². The molecule has 18 heavy (non-hydrogen) atoms. The number of hydrogen-bond donors (Lipinski definition) is 1. The molecule has 0 radical (unpaired) electrons. The summed E-state index contributed by atoms with van der Waals surface area (Å²) >= 11 is 0. The fraction of sp³-hybridized carbons (Fsp3) is 0.857. The van der Waals surface area contributed by atoms with E-state index in [1.165, 1.54) is 12.8 Å². The summed E-state index contributed by atoms with van der Waals surface area (Å²) in [6, 6.07) is -0.460. The van der Waals surface area contributed by atoms with E-state index < -0.39 is 0 Å². The minimum Gasteiger partial charge on any atom is -0.342 e. The van der Waals surface area contributed by atoms with Gasteiger partial charge in [-0.15, -0.1) is 0 Å². The Morgan fingerprint density at radius 3 is 2.44 bits per heavy atom. The lowest BCUT2D eigenvalue weighted by molar-refractivity contribution is -0.153. The van der Waals surface area contributed by atoms with E-state index in [0.29, 0.717) is 5.92 Å². The Morgan fingerprint density at radius 2 is 1.94 bits per heavy atom. The highest BCUT2D eigenvalue weighted by molar-refractivity contribution is 5.97. The van der Waals surface area contributed by atoms with Gasteiger partial charge in [0.25, 0.3) is 0 Å². The van der Waals surface area contributed by atoms with Gasteiger partial charge in [0, 0.05) is 6.04 Å². The molecular formula is C14H24N2O2. The number of hydrogen-bond acceptors (Lipinski definition) is 2. The molecule has 2 aliphatic rings. The average Bonchev–Trinajstić information content (AvgIpc) is 3.17. The van der Waals surface area contributed by atoms with Crippen LogP contribution in [0.4, 0.5) is 0 Å². The van der Waals surface area contributed by atoms with Crippen molar-refractivity contribution in [3.05, 3.63) is 0 Å². The van der Waals surface area contributed by atoms with Crippen LogP contribution in [-0.2, 0) is 9.59 Å². The van der Waals surface area contributed by atoms with Gasteiger partial charge in [0.05, 0.1) is 0 Å². The van der Waals surface area contributed by atoms with Gasteiger partial charge in [-0.2, -0.15) is 0 Å². The first kappa shape index (κ1) is 13.4. The maximum Gasteiger partial charge on any atom is 0.246 e. The maximum atomic E-state index is 12.6. The van der Waals surface area contributed by atoms with E-state index in [2.05, 4.69) is 19.2 Å². The van der Waals surface area contributed by atoms with Crippen molar-refractivity contribution in [1.82, 2.24) is 10.2 Å². The van der Waals surface area contributed by atoms with E-state index >= 15 is 0 Å². The van der Waals surface area contributed by atoms with Crippen molar-refractivity contribution in [1.29, 1.82) is 0 Å². The lowest BCUT2D eigenvalue weighted by Crippen LogP contribution is -2.66. The van der Waals surface area contributed by atoms with Crippen LogP contribution in [-0.4, -0.2) is 34.8 Å². The molecule has 0 aromatic heterocycles. The topological polar surface area (TPSA) is 49.4 Å². The van der Waals surface area contributed by atoms with Crippen LogP contribution in [0.2, 0.25) is 0 Å². The number of nitrogens with zero attached hydrogens (tertiary/aromatic N) is 1. The first-order chi connectivity index (χ1) is 8.47. The van der Waals surface area contributed by atoms with Gasteiger partial charge >= 0.3 is 0 Å². The van der Waals surface area contributed by atoms with Crippen molar-refractivity contribution >= 4 is 11.8 Å². The molecule has 0 aromatic rings. The van der Waals surface area contributed by atoms with E-state index in [9.17, 15) is 9.59 Å². The summed E-state index contributed by atoms with van der Waals surface area (Å²) in [6.07, 6.45) is 3.28. The Bertz CT molecular complexity index is 352. The molecule has 1 aliphatic heterocycles. The van der Waals surface area contributed by atoms with Crippen molar-refractivity contribution in [2.45, 2.75) is 65.1 Å². The monoisotopic (exact) mass is 252 g/mol. The van der Waals surface area contributed by atoms with Crippen LogP contribution in [0.25, 0.3) is 0 Å². The first-order valence-electron chi connectivity index (χ1n) is 7.09. The predicted molar refractivity (Wildman–Crippen MR) is 69.9 cm³/mol. The Labute approximate surface area is 109 Å². The molecule has 0 aromatic carbocycles. The molecule has 4 atom stereocenters. The van der Waals surface area contributed by atoms with Gasteiger partial charge in [0.15, 0.2) is 0 Å². The van der Waals surface area contributed by atoms with E-state index in [1.54, 1.807) is 0 Å². The molecule has 0 bridgehead atoms. The van der Waals surface area contributed by atoms with E-state index in [4.69, 9.17) is 0 Å². The van der Waals surface area contributed by atoms with Crippen molar-refractivity contribution in [2.75, 3.05) is 0 Å². The second kappa shape index (κ2) is 4.90. The quantitative estimate of drug-likeness (QED) is 0.825. The summed E-state index contributed by atoms with van der Waals surface area (Å²) in [5.74, 6) is 0.894. The molecule has 102 valence electrons. The van der Waals surface area contributed by atoms with Crippen molar-refractivity contribution in [3.8, 4) is 0 Å². The summed E-state index contributed by atoms with van der Waals surface area (Å²) in [7, 11) is 0. The van der Waals surface area contributed by atoms with Crippen LogP contribution in [0.3, 0.4) is 0 Å². The van der Waals surface area contributed by atoms with Gasteiger partial charge in [-0.25, -0.2) is 0 Å². The summed E-state index contributed by atoms with van der Waals surface area (Å²) < 4.78 is 0. The molecule has 0 spiro atoms. The van der Waals surface area contributed by atoms with E-state index in [0.717, 1.165) is 6.42 Å². The van der Waals surface area contributed by atoms with Crippen LogP contribution in [0, 0.1) is 11.8 Å². The van der Waals surface area contributed by atoms with Crippen LogP contribution in [0.1, 0.15) is 47.0 Å². The fourth-order valence-corrected chi connectivity index (χ4v) is 2.79. The Morgan fingerprint density at radius 1 is 1.33 bits per heavy atom. The molecule has 1 heterocycles.